The van der Waals surface area contributed by atoms with E-state index in [0.29, 0.717) is 17.2 Å². The summed E-state index contributed by atoms with van der Waals surface area (Å²) >= 11 is 0. The number of piperidine rings is 1. The van der Waals surface area contributed by atoms with Gasteiger partial charge in [0.25, 0.3) is 0 Å². The van der Waals surface area contributed by atoms with Crippen LogP contribution in [0.15, 0.2) is 16.9 Å². The zero-order valence-electron chi connectivity index (χ0n) is 18.9. The molecule has 2 heterocycles. The van der Waals surface area contributed by atoms with Crippen LogP contribution in [0.5, 0.6) is 0 Å². The first-order valence-electron chi connectivity index (χ1n) is 11.6. The van der Waals surface area contributed by atoms with Crippen LogP contribution in [0.25, 0.3) is 11.0 Å². The Hall–Kier alpha value is -1.66. The number of aromatic nitrogens is 2. The molecule has 0 radical (unpaired) electrons. The minimum atomic E-state index is -0.253. The van der Waals surface area contributed by atoms with Crippen LogP contribution in [0.2, 0.25) is 0 Å². The molecule has 2 aliphatic rings. The van der Waals surface area contributed by atoms with E-state index in [-0.39, 0.29) is 23.1 Å². The predicted molar refractivity (Wildman–Crippen MR) is 119 cm³/mol. The van der Waals surface area contributed by atoms with Gasteiger partial charge in [-0.3, -0.25) is 14.0 Å². The quantitative estimate of drug-likeness (QED) is 0.716. The molecule has 1 aliphatic carbocycles. The van der Waals surface area contributed by atoms with E-state index >= 15 is 0 Å². The maximum Gasteiger partial charge on any atom is 0.329 e. The van der Waals surface area contributed by atoms with Crippen LogP contribution in [-0.2, 0) is 11.8 Å². The van der Waals surface area contributed by atoms with Crippen LogP contribution in [0.1, 0.15) is 70.4 Å². The van der Waals surface area contributed by atoms with E-state index in [9.17, 15) is 9.18 Å². The maximum absolute atomic E-state index is 14.1. The maximum atomic E-state index is 14.1. The average molecular weight is 418 g/mol. The van der Waals surface area contributed by atoms with Crippen LogP contribution < -0.4 is 5.69 Å². The number of fused-ring (bicyclic) bond motifs is 1. The van der Waals surface area contributed by atoms with Crippen LogP contribution >= 0.6 is 0 Å². The minimum Gasteiger partial charge on any atom is -0.378 e. The third kappa shape index (κ3) is 3.84. The molecule has 0 atom stereocenters. The molecular weight excluding hydrogens is 381 g/mol. The number of halogens is 1. The van der Waals surface area contributed by atoms with Gasteiger partial charge in [0.2, 0.25) is 0 Å². The number of aryl methyl sites for hydroxylation is 2. The lowest BCUT2D eigenvalue weighted by Gasteiger charge is -2.48. The van der Waals surface area contributed by atoms with Crippen molar-refractivity contribution >= 4 is 11.0 Å². The van der Waals surface area contributed by atoms with Crippen LogP contribution in [0.4, 0.5) is 4.39 Å². The van der Waals surface area contributed by atoms with Crippen molar-refractivity contribution < 1.29 is 9.13 Å². The highest BCUT2D eigenvalue weighted by Gasteiger charge is 2.38. The summed E-state index contributed by atoms with van der Waals surface area (Å²) < 4.78 is 23.5. The summed E-state index contributed by atoms with van der Waals surface area (Å²) in [5.41, 5.74) is 2.34. The number of likely N-dealkylation sites (tertiary alicyclic amines) is 1. The summed E-state index contributed by atoms with van der Waals surface area (Å²) in [6.07, 6.45) is 8.07. The minimum absolute atomic E-state index is 0.0340. The Bertz CT molecular complexity index is 947. The Morgan fingerprint density at radius 1 is 1.13 bits per heavy atom. The van der Waals surface area contributed by atoms with Crippen molar-refractivity contribution in [3.05, 3.63) is 34.0 Å². The van der Waals surface area contributed by atoms with E-state index in [1.807, 2.05) is 10.6 Å². The molecule has 6 heteroatoms. The topological polar surface area (TPSA) is 39.4 Å². The second kappa shape index (κ2) is 8.46. The van der Waals surface area contributed by atoms with Gasteiger partial charge in [0.05, 0.1) is 17.1 Å². The van der Waals surface area contributed by atoms with Crippen LogP contribution in [-0.4, -0.2) is 45.4 Å². The summed E-state index contributed by atoms with van der Waals surface area (Å²) in [5, 5.41) is 0. The van der Waals surface area contributed by atoms with E-state index in [4.69, 9.17) is 4.74 Å². The molecule has 2 aromatic rings. The highest BCUT2D eigenvalue weighted by molar-refractivity contribution is 5.77. The summed E-state index contributed by atoms with van der Waals surface area (Å²) in [6, 6.07) is 3.50. The number of hydrogen-bond donors (Lipinski definition) is 0. The zero-order chi connectivity index (χ0) is 21.5. The fourth-order valence-electron chi connectivity index (χ4n) is 5.48. The van der Waals surface area contributed by atoms with Crippen molar-refractivity contribution in [2.24, 2.45) is 7.05 Å². The van der Waals surface area contributed by atoms with Gasteiger partial charge < -0.3 is 4.74 Å². The van der Waals surface area contributed by atoms with Gasteiger partial charge in [-0.05, 0) is 70.4 Å². The van der Waals surface area contributed by atoms with E-state index in [2.05, 4.69) is 18.7 Å². The van der Waals surface area contributed by atoms with Crippen molar-refractivity contribution in [1.29, 1.82) is 0 Å². The summed E-state index contributed by atoms with van der Waals surface area (Å²) in [6.45, 7) is 9.21. The lowest BCUT2D eigenvalue weighted by atomic mass is 9.79. The van der Waals surface area contributed by atoms with Gasteiger partial charge in [0.15, 0.2) is 0 Å². The Balaban J connectivity index is 1.46. The number of imidazole rings is 1. The average Bonchev–Trinajstić information content (AvgIpc) is 2.98. The van der Waals surface area contributed by atoms with E-state index in [1.165, 1.54) is 18.9 Å². The van der Waals surface area contributed by atoms with Crippen molar-refractivity contribution in [1.82, 2.24) is 14.0 Å². The van der Waals surface area contributed by atoms with Crippen LogP contribution in [0, 0.1) is 12.7 Å². The molecule has 30 heavy (non-hydrogen) atoms. The monoisotopic (exact) mass is 417 g/mol. The molecule has 4 rings (SSSR count). The number of nitrogens with zero attached hydrogens (tertiary/aromatic N) is 3. The first-order chi connectivity index (χ1) is 14.3. The molecule has 0 spiro atoms. The van der Waals surface area contributed by atoms with Gasteiger partial charge in [0, 0.05) is 44.4 Å². The van der Waals surface area contributed by atoms with Gasteiger partial charge >= 0.3 is 5.69 Å². The largest absolute Gasteiger partial charge is 0.378 e. The molecule has 0 amide bonds. The lowest BCUT2D eigenvalue weighted by molar-refractivity contribution is -0.0305. The molecule has 1 aliphatic heterocycles. The Morgan fingerprint density at radius 2 is 1.80 bits per heavy atom. The second-order valence-electron chi connectivity index (χ2n) is 9.59. The molecular formula is C24H36FN3O2. The molecule has 2 fully saturated rings. The van der Waals surface area contributed by atoms with Gasteiger partial charge in [-0.25, -0.2) is 9.18 Å². The lowest BCUT2D eigenvalue weighted by Crippen LogP contribution is -2.53. The van der Waals surface area contributed by atoms with E-state index < -0.39 is 0 Å². The third-order valence-electron chi connectivity index (χ3n) is 7.53. The van der Waals surface area contributed by atoms with Crippen molar-refractivity contribution in [2.45, 2.75) is 83.4 Å². The fourth-order valence-corrected chi connectivity index (χ4v) is 5.48. The molecule has 0 unspecified atom stereocenters. The third-order valence-corrected chi connectivity index (χ3v) is 7.53. The van der Waals surface area contributed by atoms with E-state index in [1.54, 1.807) is 18.5 Å². The van der Waals surface area contributed by atoms with Crippen molar-refractivity contribution in [3.8, 4) is 0 Å². The molecule has 5 nitrogen and oxygen atoms in total. The highest BCUT2D eigenvalue weighted by atomic mass is 19.1. The Kier molecular flexibility index (Phi) is 6.08. The second-order valence-corrected chi connectivity index (χ2v) is 9.59. The molecule has 1 saturated carbocycles. The number of ether oxygens (including phenoxy) is 1. The Morgan fingerprint density at radius 3 is 2.43 bits per heavy atom. The van der Waals surface area contributed by atoms with Gasteiger partial charge in [-0.1, -0.05) is 6.92 Å². The van der Waals surface area contributed by atoms with Crippen molar-refractivity contribution in [3.63, 3.8) is 0 Å². The van der Waals surface area contributed by atoms with Gasteiger partial charge in [-0.2, -0.15) is 0 Å². The molecule has 0 N–H and O–H groups in total. The molecule has 1 aromatic carbocycles. The number of hydrogen-bond acceptors (Lipinski definition) is 3. The Labute approximate surface area is 178 Å². The number of benzene rings is 1. The summed E-state index contributed by atoms with van der Waals surface area (Å²) in [7, 11) is 1.74. The van der Waals surface area contributed by atoms with Gasteiger partial charge in [-0.15, -0.1) is 0 Å². The highest BCUT2D eigenvalue weighted by Crippen LogP contribution is 2.38. The fraction of sp³-hybridized carbons (Fsp3) is 0.708. The molecule has 1 saturated heterocycles. The first-order valence-corrected chi connectivity index (χ1v) is 11.6. The molecule has 1 aromatic heterocycles. The smallest absolute Gasteiger partial charge is 0.329 e. The summed E-state index contributed by atoms with van der Waals surface area (Å²) in [4.78, 5) is 15.6. The number of rotatable bonds is 5. The van der Waals surface area contributed by atoms with Gasteiger partial charge in [0.1, 0.15) is 5.82 Å². The summed E-state index contributed by atoms with van der Waals surface area (Å²) in [5.74, 6) is -0.253. The zero-order valence-corrected chi connectivity index (χ0v) is 18.9. The predicted octanol–water partition coefficient (Wildman–Crippen LogP) is 4.55. The normalized spacial score (nSPS) is 26.5. The molecule has 166 valence electrons. The SMILES string of the molecule is CCCOC1CCC(C)(N2CCC(n3c(=O)n(C)c4cc(F)c(C)cc43)CC2)CC1. The standard InChI is InChI=1S/C24H36FN3O2/c1-5-14-30-19-6-10-24(3,11-7-19)27-12-8-18(9-13-27)28-22-15-17(2)20(25)16-21(22)26(4)23(28)29/h15-16,18-19H,5-14H2,1-4H3. The van der Waals surface area contributed by atoms with Crippen LogP contribution in [0.3, 0.4) is 0 Å². The first kappa shape index (κ1) is 21.6. The molecule has 0 bridgehead atoms. The van der Waals surface area contributed by atoms with Crippen molar-refractivity contribution in [2.75, 3.05) is 19.7 Å². The van der Waals surface area contributed by atoms with E-state index in [0.717, 1.165) is 57.3 Å².